The Kier molecular flexibility index (Phi) is 6.90. The van der Waals surface area contributed by atoms with E-state index in [0.717, 1.165) is 25.8 Å². The zero-order valence-electron chi connectivity index (χ0n) is 11.4. The average molecular weight is 267 g/mol. The molecule has 6 nitrogen and oxygen atoms in total. The van der Waals surface area contributed by atoms with Crippen LogP contribution in [0.5, 0.6) is 0 Å². The van der Waals surface area contributed by atoms with Gasteiger partial charge in [0.25, 0.3) is 0 Å². The summed E-state index contributed by atoms with van der Waals surface area (Å²) in [4.78, 5) is 25.1. The van der Waals surface area contributed by atoms with Gasteiger partial charge in [-0.25, -0.2) is 0 Å². The van der Waals surface area contributed by atoms with Crippen molar-refractivity contribution in [1.29, 1.82) is 5.26 Å². The highest BCUT2D eigenvalue weighted by Crippen LogP contribution is 2.19. The number of piperidine rings is 1. The number of nitriles is 1. The number of likely N-dealkylation sites (tertiary alicyclic amines) is 1. The molecule has 1 rings (SSSR count). The van der Waals surface area contributed by atoms with Crippen molar-refractivity contribution in [1.82, 2.24) is 10.2 Å². The molecule has 6 heteroatoms. The number of carbonyl (C=O) groups excluding carboxylic acids is 2. The predicted molar refractivity (Wildman–Crippen MR) is 69.1 cm³/mol. The van der Waals surface area contributed by atoms with Crippen molar-refractivity contribution >= 4 is 11.9 Å². The molecule has 106 valence electrons. The minimum absolute atomic E-state index is 0.0860. The lowest BCUT2D eigenvalue weighted by atomic mass is 9.99. The Hall–Kier alpha value is -1.61. The number of esters is 1. The molecule has 1 saturated heterocycles. The molecule has 0 saturated carbocycles. The lowest BCUT2D eigenvalue weighted by molar-refractivity contribution is -0.143. The summed E-state index contributed by atoms with van der Waals surface area (Å²) in [5.74, 6) is -0.325. The van der Waals surface area contributed by atoms with E-state index in [2.05, 4.69) is 10.1 Å². The topological polar surface area (TPSA) is 82.4 Å². The SMILES string of the molecule is COC(=O)C[C@@H]1CCCCN1CC(=O)NCCC#N. The maximum absolute atomic E-state index is 11.7. The predicted octanol–water partition coefficient (Wildman–Crippen LogP) is 0.434. The van der Waals surface area contributed by atoms with E-state index in [1.807, 2.05) is 11.0 Å². The molecule has 0 bridgehead atoms. The van der Waals surface area contributed by atoms with Crippen molar-refractivity contribution in [3.63, 3.8) is 0 Å². The first kappa shape index (κ1) is 15.4. The molecule has 1 aliphatic rings. The molecule has 1 aliphatic heterocycles. The number of nitrogens with one attached hydrogen (secondary N) is 1. The molecule has 1 fully saturated rings. The van der Waals surface area contributed by atoms with E-state index in [1.54, 1.807) is 0 Å². The summed E-state index contributed by atoms with van der Waals surface area (Å²) in [5.41, 5.74) is 0. The third-order valence-corrected chi connectivity index (χ3v) is 3.28. The number of methoxy groups -OCH3 is 1. The molecule has 19 heavy (non-hydrogen) atoms. The van der Waals surface area contributed by atoms with Crippen molar-refractivity contribution in [2.24, 2.45) is 0 Å². The van der Waals surface area contributed by atoms with Gasteiger partial charge in [0.1, 0.15) is 0 Å². The summed E-state index contributed by atoms with van der Waals surface area (Å²) in [5, 5.41) is 11.1. The van der Waals surface area contributed by atoms with Crippen molar-refractivity contribution in [3.8, 4) is 6.07 Å². The number of rotatable bonds is 6. The highest BCUT2D eigenvalue weighted by atomic mass is 16.5. The van der Waals surface area contributed by atoms with Gasteiger partial charge in [0, 0.05) is 12.6 Å². The second-order valence-electron chi connectivity index (χ2n) is 4.66. The van der Waals surface area contributed by atoms with Gasteiger partial charge in [-0.2, -0.15) is 5.26 Å². The van der Waals surface area contributed by atoms with Crippen LogP contribution in [0.3, 0.4) is 0 Å². The van der Waals surface area contributed by atoms with E-state index >= 15 is 0 Å². The third-order valence-electron chi connectivity index (χ3n) is 3.28. The number of amides is 1. The Morgan fingerprint density at radius 1 is 1.47 bits per heavy atom. The number of hydrogen-bond donors (Lipinski definition) is 1. The fourth-order valence-corrected chi connectivity index (χ4v) is 2.27. The average Bonchev–Trinajstić information content (AvgIpc) is 2.41. The van der Waals surface area contributed by atoms with Crippen LogP contribution in [0.1, 0.15) is 32.1 Å². The molecule has 1 amide bonds. The first-order valence-electron chi connectivity index (χ1n) is 6.62. The summed E-state index contributed by atoms with van der Waals surface area (Å²) in [6.45, 7) is 1.49. The van der Waals surface area contributed by atoms with Crippen LogP contribution in [0.2, 0.25) is 0 Å². The number of hydrogen-bond acceptors (Lipinski definition) is 5. The Balaban J connectivity index is 2.41. The first-order valence-corrected chi connectivity index (χ1v) is 6.62. The van der Waals surface area contributed by atoms with Crippen molar-refractivity contribution < 1.29 is 14.3 Å². The van der Waals surface area contributed by atoms with Gasteiger partial charge in [-0.15, -0.1) is 0 Å². The van der Waals surface area contributed by atoms with Gasteiger partial charge in [0.15, 0.2) is 0 Å². The van der Waals surface area contributed by atoms with Crippen molar-refractivity contribution in [2.75, 3.05) is 26.7 Å². The number of carbonyl (C=O) groups is 2. The van der Waals surface area contributed by atoms with Gasteiger partial charge in [-0.3, -0.25) is 14.5 Å². The monoisotopic (exact) mass is 267 g/mol. The zero-order valence-corrected chi connectivity index (χ0v) is 11.4. The van der Waals surface area contributed by atoms with E-state index in [-0.39, 0.29) is 24.5 Å². The molecule has 1 heterocycles. The molecule has 0 aromatic rings. The summed E-state index contributed by atoms with van der Waals surface area (Å²) in [6.07, 6.45) is 3.69. The third kappa shape index (κ3) is 5.71. The van der Waals surface area contributed by atoms with E-state index in [4.69, 9.17) is 5.26 Å². The van der Waals surface area contributed by atoms with Crippen LogP contribution in [0.15, 0.2) is 0 Å². The fourth-order valence-electron chi connectivity index (χ4n) is 2.27. The Labute approximate surface area is 113 Å². The molecular weight excluding hydrogens is 246 g/mol. The lowest BCUT2D eigenvalue weighted by Gasteiger charge is -2.34. The maximum atomic E-state index is 11.7. The van der Waals surface area contributed by atoms with E-state index in [1.165, 1.54) is 7.11 Å². The Morgan fingerprint density at radius 2 is 2.26 bits per heavy atom. The van der Waals surface area contributed by atoms with Gasteiger partial charge >= 0.3 is 5.97 Å². The fraction of sp³-hybridized carbons (Fsp3) is 0.769. The number of ether oxygens (including phenoxy) is 1. The highest BCUT2D eigenvalue weighted by Gasteiger charge is 2.26. The molecule has 1 atom stereocenters. The Bertz CT molecular complexity index is 352. The normalized spacial score (nSPS) is 19.5. The molecule has 0 spiro atoms. The van der Waals surface area contributed by atoms with Crippen LogP contribution >= 0.6 is 0 Å². The van der Waals surface area contributed by atoms with Crippen LogP contribution in [-0.2, 0) is 14.3 Å². The van der Waals surface area contributed by atoms with Crippen LogP contribution in [-0.4, -0.2) is 49.6 Å². The first-order chi connectivity index (χ1) is 9.17. The van der Waals surface area contributed by atoms with Crippen LogP contribution in [0.4, 0.5) is 0 Å². The van der Waals surface area contributed by atoms with Crippen molar-refractivity contribution in [2.45, 2.75) is 38.1 Å². The standard InChI is InChI=1S/C13H21N3O3/c1-19-13(18)9-11-5-2-3-8-16(11)10-12(17)15-7-4-6-14/h11H,2-5,7-10H2,1H3,(H,15,17)/t11-/m0/s1. The van der Waals surface area contributed by atoms with Crippen LogP contribution in [0, 0.1) is 11.3 Å². The van der Waals surface area contributed by atoms with Gasteiger partial charge in [-0.05, 0) is 19.4 Å². The molecule has 0 radical (unpaired) electrons. The van der Waals surface area contributed by atoms with Crippen LogP contribution < -0.4 is 5.32 Å². The van der Waals surface area contributed by atoms with E-state index in [0.29, 0.717) is 19.4 Å². The minimum Gasteiger partial charge on any atom is -0.469 e. The minimum atomic E-state index is -0.234. The van der Waals surface area contributed by atoms with E-state index < -0.39 is 0 Å². The molecule has 0 aromatic carbocycles. The zero-order chi connectivity index (χ0) is 14.1. The van der Waals surface area contributed by atoms with Gasteiger partial charge < -0.3 is 10.1 Å². The van der Waals surface area contributed by atoms with Crippen molar-refractivity contribution in [3.05, 3.63) is 0 Å². The highest BCUT2D eigenvalue weighted by molar-refractivity contribution is 5.78. The smallest absolute Gasteiger partial charge is 0.307 e. The molecule has 0 aliphatic carbocycles. The molecule has 0 unspecified atom stereocenters. The number of nitrogens with zero attached hydrogens (tertiary/aromatic N) is 2. The molecular formula is C13H21N3O3. The summed E-state index contributed by atoms with van der Waals surface area (Å²) in [7, 11) is 1.38. The lowest BCUT2D eigenvalue weighted by Crippen LogP contribution is -2.46. The van der Waals surface area contributed by atoms with Gasteiger partial charge in [0.05, 0.1) is 32.6 Å². The summed E-state index contributed by atoms with van der Waals surface area (Å²) < 4.78 is 4.68. The van der Waals surface area contributed by atoms with Gasteiger partial charge in [0.2, 0.25) is 5.91 Å². The maximum Gasteiger partial charge on any atom is 0.307 e. The Morgan fingerprint density at radius 3 is 2.95 bits per heavy atom. The van der Waals surface area contributed by atoms with Gasteiger partial charge in [-0.1, -0.05) is 6.42 Å². The molecule has 1 N–H and O–H groups in total. The summed E-state index contributed by atoms with van der Waals surface area (Å²) >= 11 is 0. The molecule has 0 aromatic heterocycles. The quantitative estimate of drug-likeness (QED) is 0.557. The largest absolute Gasteiger partial charge is 0.469 e. The second-order valence-corrected chi connectivity index (χ2v) is 4.66. The van der Waals surface area contributed by atoms with E-state index in [9.17, 15) is 9.59 Å². The second kappa shape index (κ2) is 8.48. The van der Waals surface area contributed by atoms with Crippen LogP contribution in [0.25, 0.3) is 0 Å². The summed E-state index contributed by atoms with van der Waals surface area (Å²) in [6, 6.07) is 2.07.